The van der Waals surface area contributed by atoms with Crippen LogP contribution >= 0.6 is 11.3 Å². The second-order valence-electron chi connectivity index (χ2n) is 5.24. The van der Waals surface area contributed by atoms with Gasteiger partial charge in [0.15, 0.2) is 10.6 Å². The third-order valence-corrected chi connectivity index (χ3v) is 4.55. The summed E-state index contributed by atoms with van der Waals surface area (Å²) in [6.45, 7) is 3.77. The van der Waals surface area contributed by atoms with Crippen LogP contribution in [-0.2, 0) is 6.54 Å². The lowest BCUT2D eigenvalue weighted by molar-refractivity contribution is -0.384. The highest BCUT2D eigenvalue weighted by Gasteiger charge is 2.14. The fourth-order valence-corrected chi connectivity index (χ4v) is 3.47. The normalized spacial score (nSPS) is 11.7. The largest absolute Gasteiger partial charge is 0.310 e. The fourth-order valence-electron chi connectivity index (χ4n) is 2.39. The first-order chi connectivity index (χ1) is 12.4. The van der Waals surface area contributed by atoms with Gasteiger partial charge in [-0.2, -0.15) is 4.99 Å². The number of thiazole rings is 1. The van der Waals surface area contributed by atoms with Crippen molar-refractivity contribution in [1.82, 2.24) is 4.57 Å². The first kappa shape index (κ1) is 17.6. The Balaban J connectivity index is 2.12. The smallest absolute Gasteiger partial charge is 0.279 e. The molecule has 0 aliphatic carbocycles. The van der Waals surface area contributed by atoms with Gasteiger partial charge in [0.25, 0.3) is 11.6 Å². The molecule has 1 heterocycles. The molecule has 0 saturated heterocycles. The number of allylic oxidation sites excluding steroid dienone is 1. The molecule has 0 unspecified atom stereocenters. The average molecular weight is 375 g/mol. The lowest BCUT2D eigenvalue weighted by Crippen LogP contribution is -2.16. The van der Waals surface area contributed by atoms with Gasteiger partial charge in [0, 0.05) is 30.3 Å². The lowest BCUT2D eigenvalue weighted by Gasteiger charge is -2.02. The maximum atomic E-state index is 14.1. The number of nitrogens with zero attached hydrogens (tertiary/aromatic N) is 3. The van der Waals surface area contributed by atoms with E-state index in [1.165, 1.54) is 34.9 Å². The summed E-state index contributed by atoms with van der Waals surface area (Å²) in [4.78, 5) is 26.6. The van der Waals surface area contributed by atoms with Crippen LogP contribution in [0.4, 0.5) is 14.5 Å². The molecular formula is C17H11F2N3O3S. The Hall–Kier alpha value is -3.20. The van der Waals surface area contributed by atoms with E-state index in [1.807, 2.05) is 0 Å². The van der Waals surface area contributed by atoms with Crippen LogP contribution < -0.4 is 4.80 Å². The first-order valence-corrected chi connectivity index (χ1v) is 8.15. The van der Waals surface area contributed by atoms with Gasteiger partial charge in [-0.1, -0.05) is 17.4 Å². The Morgan fingerprint density at radius 1 is 1.31 bits per heavy atom. The maximum Gasteiger partial charge on any atom is 0.279 e. The van der Waals surface area contributed by atoms with Crippen molar-refractivity contribution < 1.29 is 18.5 Å². The van der Waals surface area contributed by atoms with E-state index in [0.717, 1.165) is 23.5 Å². The molecule has 0 spiro atoms. The molecule has 6 nitrogen and oxygen atoms in total. The lowest BCUT2D eigenvalue weighted by atomic mass is 10.2. The number of carbonyl (C=O) groups excluding carboxylic acids is 1. The number of rotatable bonds is 4. The standard InChI is InChI=1S/C17H11F2N3O3S/c1-2-7-21-15-13(19)8-11(18)9-14(15)26-17(21)20-16(23)10-3-5-12(6-4-10)22(24)25/h2-6,8-9H,1,7H2. The summed E-state index contributed by atoms with van der Waals surface area (Å²) in [7, 11) is 0. The van der Waals surface area contributed by atoms with Crippen molar-refractivity contribution in [3.63, 3.8) is 0 Å². The van der Waals surface area contributed by atoms with Crippen molar-refractivity contribution in [3.8, 4) is 0 Å². The minimum atomic E-state index is -0.762. The van der Waals surface area contributed by atoms with E-state index < -0.39 is 22.5 Å². The van der Waals surface area contributed by atoms with Crippen LogP contribution in [0, 0.1) is 21.7 Å². The van der Waals surface area contributed by atoms with Crippen molar-refractivity contribution in [2.24, 2.45) is 4.99 Å². The number of hydrogen-bond donors (Lipinski definition) is 0. The number of nitro groups is 1. The van der Waals surface area contributed by atoms with Gasteiger partial charge in [-0.3, -0.25) is 14.9 Å². The highest BCUT2D eigenvalue weighted by atomic mass is 32.1. The Bertz CT molecular complexity index is 1100. The predicted octanol–water partition coefficient (Wildman–Crippen LogP) is 3.82. The van der Waals surface area contributed by atoms with E-state index >= 15 is 0 Å². The van der Waals surface area contributed by atoms with Gasteiger partial charge in [0.1, 0.15) is 5.82 Å². The van der Waals surface area contributed by atoms with Gasteiger partial charge >= 0.3 is 0 Å². The zero-order chi connectivity index (χ0) is 18.8. The monoisotopic (exact) mass is 375 g/mol. The van der Waals surface area contributed by atoms with Crippen LogP contribution in [0.3, 0.4) is 0 Å². The minimum Gasteiger partial charge on any atom is -0.310 e. The van der Waals surface area contributed by atoms with Crippen molar-refractivity contribution in [2.45, 2.75) is 6.54 Å². The molecule has 0 aliphatic heterocycles. The van der Waals surface area contributed by atoms with Crippen molar-refractivity contribution in [1.29, 1.82) is 0 Å². The SMILES string of the molecule is C=CCn1c(=NC(=O)c2ccc([N+](=O)[O-])cc2)sc2cc(F)cc(F)c21. The third-order valence-electron chi connectivity index (χ3n) is 3.53. The Kier molecular flexibility index (Phi) is 4.72. The molecule has 0 saturated carbocycles. The van der Waals surface area contributed by atoms with Gasteiger partial charge in [0.2, 0.25) is 0 Å². The van der Waals surface area contributed by atoms with Gasteiger partial charge in [-0.05, 0) is 18.2 Å². The molecule has 26 heavy (non-hydrogen) atoms. The maximum absolute atomic E-state index is 14.1. The molecule has 2 aromatic carbocycles. The molecule has 3 rings (SSSR count). The van der Waals surface area contributed by atoms with E-state index in [9.17, 15) is 23.7 Å². The zero-order valence-corrected chi connectivity index (χ0v) is 14.0. The molecule has 132 valence electrons. The van der Waals surface area contributed by atoms with Crippen molar-refractivity contribution in [2.75, 3.05) is 0 Å². The Morgan fingerprint density at radius 2 is 2.00 bits per heavy atom. The summed E-state index contributed by atoms with van der Waals surface area (Å²) < 4.78 is 29.3. The number of fused-ring (bicyclic) bond motifs is 1. The molecule has 3 aromatic rings. The Labute approximate surface area is 149 Å². The van der Waals surface area contributed by atoms with E-state index in [4.69, 9.17) is 0 Å². The second kappa shape index (κ2) is 6.96. The molecule has 9 heteroatoms. The highest BCUT2D eigenvalue weighted by Crippen LogP contribution is 2.22. The molecular weight excluding hydrogens is 364 g/mol. The van der Waals surface area contributed by atoms with E-state index in [2.05, 4.69) is 11.6 Å². The zero-order valence-electron chi connectivity index (χ0n) is 13.2. The van der Waals surface area contributed by atoms with Crippen LogP contribution in [0.1, 0.15) is 10.4 Å². The van der Waals surface area contributed by atoms with Crippen LogP contribution in [0.15, 0.2) is 54.0 Å². The summed E-state index contributed by atoms with van der Waals surface area (Å²) in [5, 5.41) is 10.7. The van der Waals surface area contributed by atoms with Crippen LogP contribution in [0.5, 0.6) is 0 Å². The summed E-state index contributed by atoms with van der Waals surface area (Å²) in [6, 6.07) is 6.89. The van der Waals surface area contributed by atoms with Gasteiger partial charge in [-0.25, -0.2) is 8.78 Å². The highest BCUT2D eigenvalue weighted by molar-refractivity contribution is 7.16. The molecule has 0 atom stereocenters. The second-order valence-corrected chi connectivity index (χ2v) is 6.25. The van der Waals surface area contributed by atoms with Crippen molar-refractivity contribution in [3.05, 3.63) is 81.2 Å². The number of hydrogen-bond acceptors (Lipinski definition) is 4. The van der Waals surface area contributed by atoms with Crippen LogP contribution in [0.2, 0.25) is 0 Å². The van der Waals surface area contributed by atoms with Crippen molar-refractivity contribution >= 4 is 33.1 Å². The minimum absolute atomic E-state index is 0.131. The summed E-state index contributed by atoms with van der Waals surface area (Å²) in [5.41, 5.74) is 0.124. The molecule has 0 N–H and O–H groups in total. The molecule has 0 radical (unpaired) electrons. The molecule has 1 aromatic heterocycles. The van der Waals surface area contributed by atoms with Gasteiger partial charge in [-0.15, -0.1) is 6.58 Å². The summed E-state index contributed by atoms with van der Waals surface area (Å²) >= 11 is 0.963. The number of non-ortho nitro benzene ring substituents is 1. The Morgan fingerprint density at radius 3 is 2.62 bits per heavy atom. The van der Waals surface area contributed by atoms with Crippen LogP contribution in [-0.4, -0.2) is 15.4 Å². The number of nitro benzene ring substituents is 1. The number of amides is 1. The van der Waals surface area contributed by atoms with E-state index in [-0.39, 0.29) is 28.1 Å². The quantitative estimate of drug-likeness (QED) is 0.395. The molecule has 0 aliphatic rings. The first-order valence-electron chi connectivity index (χ1n) is 7.33. The number of carbonyl (C=O) groups is 1. The summed E-state index contributed by atoms with van der Waals surface area (Å²) in [6.07, 6.45) is 1.50. The predicted molar refractivity (Wildman–Crippen MR) is 92.9 cm³/mol. The molecule has 0 bridgehead atoms. The molecule has 1 amide bonds. The average Bonchev–Trinajstić information content (AvgIpc) is 2.92. The fraction of sp³-hybridized carbons (Fsp3) is 0.0588. The van der Waals surface area contributed by atoms with Gasteiger partial charge < -0.3 is 4.57 Å². The number of halogens is 2. The molecule has 0 fully saturated rings. The number of aromatic nitrogens is 1. The number of benzene rings is 2. The summed E-state index contributed by atoms with van der Waals surface area (Å²) in [5.74, 6) is -2.14. The van der Waals surface area contributed by atoms with Crippen LogP contribution in [0.25, 0.3) is 10.2 Å². The topological polar surface area (TPSA) is 77.5 Å². The van der Waals surface area contributed by atoms with E-state index in [0.29, 0.717) is 4.70 Å². The van der Waals surface area contributed by atoms with E-state index in [1.54, 1.807) is 0 Å². The third kappa shape index (κ3) is 3.29. The van der Waals surface area contributed by atoms with Gasteiger partial charge in [0.05, 0.1) is 15.1 Å².